The topological polar surface area (TPSA) is 103 Å². The second kappa shape index (κ2) is 9.44. The summed E-state index contributed by atoms with van der Waals surface area (Å²) in [7, 11) is 1.58. The van der Waals surface area contributed by atoms with E-state index in [2.05, 4.69) is 5.10 Å². The number of carbonyl (C=O) groups excluding carboxylic acids is 1. The second-order valence-electron chi connectivity index (χ2n) is 7.92. The number of ether oxygens (including phenoxy) is 1. The lowest BCUT2D eigenvalue weighted by molar-refractivity contribution is -0.138. The fourth-order valence-corrected chi connectivity index (χ4v) is 3.79. The Morgan fingerprint density at radius 2 is 1.72 bits per heavy atom. The number of hydrogen-bond acceptors (Lipinski definition) is 6. The van der Waals surface area contributed by atoms with E-state index in [1.165, 1.54) is 21.0 Å². The highest BCUT2D eigenvalue weighted by atomic mass is 32.2. The van der Waals surface area contributed by atoms with E-state index in [0.29, 0.717) is 17.9 Å². The first-order chi connectivity index (χ1) is 15.1. The van der Waals surface area contributed by atoms with E-state index in [0.717, 1.165) is 16.0 Å². The van der Waals surface area contributed by atoms with Gasteiger partial charge in [0, 0.05) is 11.9 Å². The van der Waals surface area contributed by atoms with E-state index in [9.17, 15) is 19.5 Å². The summed E-state index contributed by atoms with van der Waals surface area (Å²) in [6.07, 6.45) is 0. The van der Waals surface area contributed by atoms with Gasteiger partial charge in [0.15, 0.2) is 12.4 Å². The minimum atomic E-state index is -0.982. The minimum Gasteiger partial charge on any atom is -0.480 e. The highest BCUT2D eigenvalue weighted by molar-refractivity contribution is 8.01. The fourth-order valence-electron chi connectivity index (χ4n) is 2.84. The molecule has 0 aliphatic heterocycles. The van der Waals surface area contributed by atoms with Crippen molar-refractivity contribution < 1.29 is 19.4 Å². The summed E-state index contributed by atoms with van der Waals surface area (Å²) in [5.74, 6) is -1.14. The zero-order valence-corrected chi connectivity index (χ0v) is 19.2. The van der Waals surface area contributed by atoms with Crippen molar-refractivity contribution in [2.45, 2.75) is 43.6 Å². The molecule has 0 amide bonds. The molecule has 0 atom stereocenters. The molecule has 2 aromatic carbocycles. The molecular formula is C23H25N3O5S. The van der Waals surface area contributed by atoms with Crippen LogP contribution in [-0.2, 0) is 29.7 Å². The van der Waals surface area contributed by atoms with Crippen LogP contribution in [0.4, 0.5) is 0 Å². The van der Waals surface area contributed by atoms with Crippen molar-refractivity contribution in [3.8, 4) is 0 Å². The molecule has 0 aliphatic rings. The molecule has 3 rings (SSSR count). The maximum absolute atomic E-state index is 12.5. The Morgan fingerprint density at radius 1 is 1.09 bits per heavy atom. The lowest BCUT2D eigenvalue weighted by Crippen LogP contribution is -2.26. The molecule has 1 heterocycles. The number of nitrogens with zero attached hydrogens (tertiary/aromatic N) is 3. The van der Waals surface area contributed by atoms with Crippen molar-refractivity contribution in [2.24, 2.45) is 7.05 Å². The van der Waals surface area contributed by atoms with Crippen LogP contribution in [0.15, 0.2) is 58.2 Å². The normalized spacial score (nSPS) is 11.4. The third-order valence-electron chi connectivity index (χ3n) is 4.89. The first-order valence-electron chi connectivity index (χ1n) is 9.94. The Bertz CT molecular complexity index is 1180. The smallest absolute Gasteiger partial charge is 0.346 e. The number of aliphatic carboxylic acids is 1. The molecule has 0 radical (unpaired) electrons. The lowest BCUT2D eigenvalue weighted by atomic mass is 10.1. The van der Waals surface area contributed by atoms with Crippen molar-refractivity contribution in [1.82, 2.24) is 14.3 Å². The van der Waals surface area contributed by atoms with Crippen LogP contribution in [0.5, 0.6) is 0 Å². The van der Waals surface area contributed by atoms with Crippen LogP contribution in [0.25, 0.3) is 0 Å². The van der Waals surface area contributed by atoms with Crippen molar-refractivity contribution in [3.05, 3.63) is 81.5 Å². The predicted molar refractivity (Wildman–Crippen MR) is 121 cm³/mol. The van der Waals surface area contributed by atoms with Gasteiger partial charge in [-0.3, -0.25) is 9.36 Å². The molecule has 9 heteroatoms. The molecule has 1 N–H and O–H groups in total. The van der Waals surface area contributed by atoms with Crippen LogP contribution in [0, 0.1) is 6.92 Å². The summed E-state index contributed by atoms with van der Waals surface area (Å²) >= 11 is 1.19. The SMILES string of the molecule is Cc1ccc(Cn2nc(COC(=O)c3ccc(SC(C)(C)C(=O)O)cc3)n(C)c2=O)cc1. The molecule has 32 heavy (non-hydrogen) atoms. The van der Waals surface area contributed by atoms with Crippen LogP contribution >= 0.6 is 11.8 Å². The molecule has 0 bridgehead atoms. The second-order valence-corrected chi connectivity index (χ2v) is 9.62. The van der Waals surface area contributed by atoms with E-state index in [1.54, 1.807) is 45.2 Å². The van der Waals surface area contributed by atoms with Gasteiger partial charge in [0.05, 0.1) is 12.1 Å². The summed E-state index contributed by atoms with van der Waals surface area (Å²) in [6.45, 7) is 5.40. The van der Waals surface area contributed by atoms with E-state index < -0.39 is 16.7 Å². The number of hydrogen-bond donors (Lipinski definition) is 1. The van der Waals surface area contributed by atoms with Crippen molar-refractivity contribution in [1.29, 1.82) is 0 Å². The quantitative estimate of drug-likeness (QED) is 0.411. The van der Waals surface area contributed by atoms with Gasteiger partial charge in [-0.25, -0.2) is 14.3 Å². The highest BCUT2D eigenvalue weighted by Crippen LogP contribution is 2.32. The number of rotatable bonds is 8. The van der Waals surface area contributed by atoms with E-state index in [1.807, 2.05) is 31.2 Å². The Hall–Kier alpha value is -3.33. The standard InChI is InChI=1S/C23H25N3O5S/c1-15-5-7-16(8-6-15)13-26-22(30)25(4)19(24-26)14-31-20(27)17-9-11-18(12-10-17)32-23(2,3)21(28)29/h5-12H,13-14H2,1-4H3,(H,28,29). The van der Waals surface area contributed by atoms with Gasteiger partial charge in [0.1, 0.15) is 4.75 Å². The minimum absolute atomic E-state index is 0.145. The van der Waals surface area contributed by atoms with Gasteiger partial charge >= 0.3 is 17.6 Å². The van der Waals surface area contributed by atoms with Gasteiger partial charge in [-0.1, -0.05) is 29.8 Å². The number of thioether (sulfide) groups is 1. The molecule has 1 aromatic heterocycles. The van der Waals surface area contributed by atoms with Gasteiger partial charge in [-0.05, 0) is 50.6 Å². The van der Waals surface area contributed by atoms with E-state index in [-0.39, 0.29) is 12.3 Å². The third kappa shape index (κ3) is 5.47. The molecule has 0 unspecified atom stereocenters. The Morgan fingerprint density at radius 3 is 2.31 bits per heavy atom. The summed E-state index contributed by atoms with van der Waals surface area (Å²) in [4.78, 5) is 36.8. The number of benzene rings is 2. The van der Waals surface area contributed by atoms with Gasteiger partial charge in [-0.15, -0.1) is 11.8 Å². The maximum Gasteiger partial charge on any atom is 0.346 e. The lowest BCUT2D eigenvalue weighted by Gasteiger charge is -2.18. The van der Waals surface area contributed by atoms with Crippen molar-refractivity contribution >= 4 is 23.7 Å². The average Bonchev–Trinajstić information content (AvgIpc) is 3.01. The molecular weight excluding hydrogens is 430 g/mol. The molecule has 0 aliphatic carbocycles. The first kappa shape index (κ1) is 23.3. The van der Waals surface area contributed by atoms with Crippen LogP contribution < -0.4 is 5.69 Å². The third-order valence-corrected chi connectivity index (χ3v) is 6.09. The number of esters is 1. The number of carbonyl (C=O) groups is 2. The number of aromatic nitrogens is 3. The van der Waals surface area contributed by atoms with Gasteiger partial charge < -0.3 is 9.84 Å². The molecule has 0 spiro atoms. The van der Waals surface area contributed by atoms with Crippen molar-refractivity contribution in [3.63, 3.8) is 0 Å². The Balaban J connectivity index is 1.64. The summed E-state index contributed by atoms with van der Waals surface area (Å²) in [6, 6.07) is 14.3. The van der Waals surface area contributed by atoms with Crippen LogP contribution in [0.3, 0.4) is 0 Å². The largest absolute Gasteiger partial charge is 0.480 e. The van der Waals surface area contributed by atoms with Crippen LogP contribution in [-0.4, -0.2) is 36.1 Å². The zero-order valence-electron chi connectivity index (χ0n) is 18.4. The van der Waals surface area contributed by atoms with Gasteiger partial charge in [-0.2, -0.15) is 5.10 Å². The number of carboxylic acid groups (broad SMARTS) is 1. The predicted octanol–water partition coefficient (Wildman–Crippen LogP) is 3.25. The number of aryl methyl sites for hydroxylation is 1. The van der Waals surface area contributed by atoms with E-state index in [4.69, 9.17) is 4.74 Å². The monoisotopic (exact) mass is 455 g/mol. The van der Waals surface area contributed by atoms with E-state index >= 15 is 0 Å². The number of carboxylic acids is 1. The van der Waals surface area contributed by atoms with Crippen molar-refractivity contribution in [2.75, 3.05) is 0 Å². The molecule has 0 fully saturated rings. The molecule has 0 saturated heterocycles. The van der Waals surface area contributed by atoms with Gasteiger partial charge in [0.2, 0.25) is 0 Å². The molecule has 8 nitrogen and oxygen atoms in total. The maximum atomic E-state index is 12.5. The molecule has 0 saturated carbocycles. The zero-order chi connectivity index (χ0) is 23.5. The Kier molecular flexibility index (Phi) is 6.88. The summed E-state index contributed by atoms with van der Waals surface area (Å²) in [5, 5.41) is 13.5. The molecule has 168 valence electrons. The van der Waals surface area contributed by atoms with Gasteiger partial charge in [0.25, 0.3) is 0 Å². The molecule has 3 aromatic rings. The first-order valence-corrected chi connectivity index (χ1v) is 10.8. The summed E-state index contributed by atoms with van der Waals surface area (Å²) in [5.41, 5.74) is 2.11. The van der Waals surface area contributed by atoms with Crippen LogP contribution in [0.2, 0.25) is 0 Å². The summed E-state index contributed by atoms with van der Waals surface area (Å²) < 4.78 is 7.04. The van der Waals surface area contributed by atoms with Crippen LogP contribution in [0.1, 0.15) is 41.2 Å². The Labute approximate surface area is 189 Å². The highest BCUT2D eigenvalue weighted by Gasteiger charge is 2.28. The fraction of sp³-hybridized carbons (Fsp3) is 0.304. The average molecular weight is 456 g/mol.